The van der Waals surface area contributed by atoms with Gasteiger partial charge in [-0.25, -0.2) is 0 Å². The third kappa shape index (κ3) is 3.67. The van der Waals surface area contributed by atoms with Crippen molar-refractivity contribution >= 4 is 75.9 Å². The molecule has 2 nitrogen and oxygen atoms in total. The number of aromatic nitrogens is 2. The Balaban J connectivity index is 1.26. The van der Waals surface area contributed by atoms with E-state index in [-0.39, 0.29) is 5.41 Å². The highest BCUT2D eigenvalue weighted by Crippen LogP contribution is 2.53. The summed E-state index contributed by atoms with van der Waals surface area (Å²) >= 11 is 0. The standard InChI is InChI=1S/C51H34N2/c1-51(2)43-22-12-10-18-36(43)39-27-24-31-25-28-41-37-29-26-33(30-45(37)52(32-14-4-3-5-15-32)49(41)46(31)48(39)51)53-44-23-13-11-21-42(44)47-38-19-8-6-16-34(38)35-17-7-9-20-40(35)50(47)53/h3-30H,1-2H3. The van der Waals surface area contributed by atoms with Gasteiger partial charge in [0.2, 0.25) is 0 Å². The predicted molar refractivity (Wildman–Crippen MR) is 225 cm³/mol. The van der Waals surface area contributed by atoms with E-state index in [9.17, 15) is 0 Å². The van der Waals surface area contributed by atoms with Crippen LogP contribution in [0.15, 0.2) is 170 Å². The average Bonchev–Trinajstić information content (AvgIpc) is 3.82. The van der Waals surface area contributed by atoms with Gasteiger partial charge in [-0.05, 0) is 74.1 Å². The van der Waals surface area contributed by atoms with Gasteiger partial charge >= 0.3 is 0 Å². The molecule has 1 aliphatic carbocycles. The van der Waals surface area contributed by atoms with Crippen molar-refractivity contribution in [3.63, 3.8) is 0 Å². The Kier molecular flexibility index (Phi) is 5.60. The lowest BCUT2D eigenvalue weighted by Gasteiger charge is -2.24. The van der Waals surface area contributed by atoms with Crippen molar-refractivity contribution in [3.8, 4) is 22.5 Å². The first-order chi connectivity index (χ1) is 26.1. The molecule has 0 aliphatic heterocycles. The molecule has 12 rings (SSSR count). The van der Waals surface area contributed by atoms with Crippen LogP contribution in [0.1, 0.15) is 25.0 Å². The molecule has 0 saturated heterocycles. The minimum absolute atomic E-state index is 0.143. The van der Waals surface area contributed by atoms with Crippen molar-refractivity contribution in [2.45, 2.75) is 19.3 Å². The smallest absolute Gasteiger partial charge is 0.0625 e. The Morgan fingerprint density at radius 2 is 0.962 bits per heavy atom. The number of hydrogen-bond acceptors (Lipinski definition) is 0. The summed E-state index contributed by atoms with van der Waals surface area (Å²) in [5, 5.41) is 12.9. The first kappa shape index (κ1) is 29.0. The fourth-order valence-corrected chi connectivity index (χ4v) is 10.1. The molecule has 0 bridgehead atoms. The van der Waals surface area contributed by atoms with Crippen molar-refractivity contribution in [1.29, 1.82) is 0 Å². The first-order valence-electron chi connectivity index (χ1n) is 18.6. The van der Waals surface area contributed by atoms with Crippen molar-refractivity contribution < 1.29 is 0 Å². The lowest BCUT2D eigenvalue weighted by molar-refractivity contribution is 0.666. The van der Waals surface area contributed by atoms with E-state index in [0.29, 0.717) is 0 Å². The minimum Gasteiger partial charge on any atom is -0.309 e. The second-order valence-electron chi connectivity index (χ2n) is 15.3. The zero-order valence-electron chi connectivity index (χ0n) is 29.6. The molecule has 1 aliphatic rings. The summed E-state index contributed by atoms with van der Waals surface area (Å²) in [5.41, 5.74) is 12.7. The van der Waals surface area contributed by atoms with E-state index in [0.717, 1.165) is 5.69 Å². The van der Waals surface area contributed by atoms with Crippen molar-refractivity contribution in [2.75, 3.05) is 0 Å². The second kappa shape index (κ2) is 10.2. The Morgan fingerprint density at radius 1 is 0.377 bits per heavy atom. The molecule has 0 spiro atoms. The van der Waals surface area contributed by atoms with Crippen molar-refractivity contribution in [3.05, 3.63) is 181 Å². The van der Waals surface area contributed by atoms with Gasteiger partial charge in [-0.2, -0.15) is 0 Å². The van der Waals surface area contributed by atoms with Gasteiger partial charge < -0.3 is 9.13 Å². The number of para-hydroxylation sites is 2. The second-order valence-corrected chi connectivity index (χ2v) is 15.3. The predicted octanol–water partition coefficient (Wildman–Crippen LogP) is 13.6. The van der Waals surface area contributed by atoms with E-state index in [1.165, 1.54) is 104 Å². The zero-order chi connectivity index (χ0) is 35.0. The molecule has 2 heterocycles. The van der Waals surface area contributed by atoms with Crippen LogP contribution in [0.5, 0.6) is 0 Å². The van der Waals surface area contributed by atoms with Crippen LogP contribution in [0.2, 0.25) is 0 Å². The van der Waals surface area contributed by atoms with Crippen LogP contribution in [-0.2, 0) is 5.41 Å². The number of fused-ring (bicyclic) bond motifs is 17. The van der Waals surface area contributed by atoms with Gasteiger partial charge in [0, 0.05) is 49.1 Å². The van der Waals surface area contributed by atoms with E-state index in [2.05, 4.69) is 193 Å². The first-order valence-corrected chi connectivity index (χ1v) is 18.6. The molecule has 0 N–H and O–H groups in total. The van der Waals surface area contributed by atoms with E-state index >= 15 is 0 Å². The highest BCUT2D eigenvalue weighted by Gasteiger charge is 2.37. The normalized spacial score (nSPS) is 13.6. The SMILES string of the molecule is CC1(C)c2ccccc2-c2ccc3ccc4c5ccc(-n6c7ccccc7c7c8ccccc8c8ccccc8c76)cc5n(-c5ccccc5)c4c3c21. The third-order valence-electron chi connectivity index (χ3n) is 12.2. The minimum atomic E-state index is -0.143. The lowest BCUT2D eigenvalue weighted by Crippen LogP contribution is -2.15. The maximum Gasteiger partial charge on any atom is 0.0625 e. The van der Waals surface area contributed by atoms with E-state index in [4.69, 9.17) is 0 Å². The van der Waals surface area contributed by atoms with Crippen LogP contribution in [0.4, 0.5) is 0 Å². The van der Waals surface area contributed by atoms with Gasteiger partial charge in [-0.1, -0.05) is 153 Å². The molecule has 0 radical (unpaired) electrons. The van der Waals surface area contributed by atoms with E-state index < -0.39 is 0 Å². The summed E-state index contributed by atoms with van der Waals surface area (Å²) in [6.07, 6.45) is 0. The molecule has 2 heteroatoms. The Bertz CT molecular complexity index is 3360. The molecule has 0 saturated carbocycles. The topological polar surface area (TPSA) is 9.86 Å². The Morgan fingerprint density at radius 3 is 1.79 bits per heavy atom. The highest BCUT2D eigenvalue weighted by atomic mass is 15.0. The molecule has 0 amide bonds. The molecule has 0 atom stereocenters. The number of rotatable bonds is 2. The van der Waals surface area contributed by atoms with Gasteiger partial charge in [-0.15, -0.1) is 0 Å². The summed E-state index contributed by atoms with van der Waals surface area (Å²) in [4.78, 5) is 0. The monoisotopic (exact) mass is 674 g/mol. The molecule has 0 unspecified atom stereocenters. The highest BCUT2D eigenvalue weighted by molar-refractivity contribution is 6.32. The molecular formula is C51H34N2. The lowest BCUT2D eigenvalue weighted by atomic mass is 9.80. The summed E-state index contributed by atoms with van der Waals surface area (Å²) in [7, 11) is 0. The largest absolute Gasteiger partial charge is 0.309 e. The summed E-state index contributed by atoms with van der Waals surface area (Å²) in [6, 6.07) is 63.2. The van der Waals surface area contributed by atoms with Crippen LogP contribution in [0.3, 0.4) is 0 Å². The van der Waals surface area contributed by atoms with Gasteiger partial charge in [0.25, 0.3) is 0 Å². The summed E-state index contributed by atoms with van der Waals surface area (Å²) in [5.74, 6) is 0. The van der Waals surface area contributed by atoms with Gasteiger partial charge in [0.05, 0.1) is 22.1 Å². The van der Waals surface area contributed by atoms with E-state index in [1.54, 1.807) is 0 Å². The van der Waals surface area contributed by atoms with Crippen molar-refractivity contribution in [2.24, 2.45) is 0 Å². The van der Waals surface area contributed by atoms with Gasteiger partial charge in [0.1, 0.15) is 0 Å². The zero-order valence-corrected chi connectivity index (χ0v) is 29.6. The van der Waals surface area contributed by atoms with Crippen LogP contribution < -0.4 is 0 Å². The molecule has 2 aromatic heterocycles. The van der Waals surface area contributed by atoms with Gasteiger partial charge in [0.15, 0.2) is 0 Å². The van der Waals surface area contributed by atoms with Crippen LogP contribution >= 0.6 is 0 Å². The third-order valence-corrected chi connectivity index (χ3v) is 12.2. The molecule has 0 fully saturated rings. The number of hydrogen-bond donors (Lipinski definition) is 0. The molecule has 11 aromatic rings. The summed E-state index contributed by atoms with van der Waals surface area (Å²) < 4.78 is 5.05. The summed E-state index contributed by atoms with van der Waals surface area (Å²) in [6.45, 7) is 4.81. The van der Waals surface area contributed by atoms with Gasteiger partial charge in [-0.3, -0.25) is 0 Å². The molecule has 9 aromatic carbocycles. The maximum atomic E-state index is 2.54. The van der Waals surface area contributed by atoms with Crippen molar-refractivity contribution in [1.82, 2.24) is 9.13 Å². The Hall–Kier alpha value is -6.64. The fourth-order valence-electron chi connectivity index (χ4n) is 10.1. The quantitative estimate of drug-likeness (QED) is 0.162. The molecule has 248 valence electrons. The maximum absolute atomic E-state index is 2.54. The molecular weight excluding hydrogens is 641 g/mol. The number of benzene rings is 9. The average molecular weight is 675 g/mol. The van der Waals surface area contributed by atoms with E-state index in [1.807, 2.05) is 0 Å². The van der Waals surface area contributed by atoms with Crippen LogP contribution in [0, 0.1) is 0 Å². The van der Waals surface area contributed by atoms with Crippen LogP contribution in [0.25, 0.3) is 98.4 Å². The van der Waals surface area contributed by atoms with Crippen LogP contribution in [-0.4, -0.2) is 9.13 Å². The Labute approximate surface area is 306 Å². The molecule has 53 heavy (non-hydrogen) atoms. The fraction of sp³-hybridized carbons (Fsp3) is 0.0588. The number of nitrogens with zero attached hydrogens (tertiary/aromatic N) is 2.